The Morgan fingerprint density at radius 1 is 0.977 bits per heavy atom. The maximum Gasteiger partial charge on any atom is 0.251 e. The number of hydrogen-bond donors (Lipinski definition) is 2. The van der Waals surface area contributed by atoms with E-state index >= 15 is 0 Å². The first-order chi connectivity index (χ1) is 20.9. The highest BCUT2D eigenvalue weighted by molar-refractivity contribution is 6.00. The summed E-state index contributed by atoms with van der Waals surface area (Å²) < 4.78 is 5.19. The van der Waals surface area contributed by atoms with Gasteiger partial charge in [0.05, 0.1) is 7.11 Å². The average molecular weight is 625 g/mol. The summed E-state index contributed by atoms with van der Waals surface area (Å²) in [6.07, 6.45) is 10.1. The van der Waals surface area contributed by atoms with Gasteiger partial charge in [0.25, 0.3) is 5.91 Å². The van der Waals surface area contributed by atoms with E-state index in [4.69, 9.17) is 4.74 Å². The minimum Gasteiger partial charge on any atom is -0.497 e. The van der Waals surface area contributed by atoms with Crippen molar-refractivity contribution < 1.29 is 19.1 Å². The van der Waals surface area contributed by atoms with Gasteiger partial charge in [-0.15, -0.1) is 12.4 Å². The molecule has 2 aromatic carbocycles. The Bertz CT molecular complexity index is 1240. The standard InChI is InChI=1S/C35H48N4O4.ClH/c1-3-4-20-39-33(41)31(23-26-8-6-5-7-9-26)37-34(42)35(39)18-21-38(22-19-35)25-28-10-14-29(15-11-28)32(40)36-24-27-12-16-30(43-2)17-13-27;/h10-17,26,31H,3-9,18-25H2,1-2H3,(H,36,40)(H,37,42);1H/t31-;/m0./s1. The van der Waals surface area contributed by atoms with Gasteiger partial charge in [-0.3, -0.25) is 19.3 Å². The van der Waals surface area contributed by atoms with E-state index in [9.17, 15) is 14.4 Å². The molecule has 0 unspecified atom stereocenters. The third kappa shape index (κ3) is 7.94. The third-order valence-electron chi connectivity index (χ3n) is 9.76. The monoisotopic (exact) mass is 624 g/mol. The van der Waals surface area contributed by atoms with Crippen LogP contribution in [0.1, 0.15) is 92.6 Å². The summed E-state index contributed by atoms with van der Waals surface area (Å²) in [7, 11) is 1.63. The van der Waals surface area contributed by atoms with Gasteiger partial charge in [0.2, 0.25) is 11.8 Å². The van der Waals surface area contributed by atoms with E-state index in [1.807, 2.05) is 53.4 Å². The van der Waals surface area contributed by atoms with E-state index in [0.717, 1.165) is 55.8 Å². The second-order valence-electron chi connectivity index (χ2n) is 12.6. The first kappa shape index (κ1) is 33.8. The van der Waals surface area contributed by atoms with Crippen molar-refractivity contribution in [3.05, 3.63) is 65.2 Å². The first-order valence-corrected chi connectivity index (χ1v) is 16.3. The number of hydrogen-bond acceptors (Lipinski definition) is 5. The van der Waals surface area contributed by atoms with Gasteiger partial charge in [-0.1, -0.05) is 69.7 Å². The molecule has 0 radical (unpaired) electrons. The summed E-state index contributed by atoms with van der Waals surface area (Å²) >= 11 is 0. The molecular formula is C35H49ClN4O4. The molecule has 8 nitrogen and oxygen atoms in total. The summed E-state index contributed by atoms with van der Waals surface area (Å²) in [5.41, 5.74) is 2.02. The van der Waals surface area contributed by atoms with Crippen molar-refractivity contribution >= 4 is 30.1 Å². The van der Waals surface area contributed by atoms with Crippen LogP contribution in [0.15, 0.2) is 48.5 Å². The zero-order valence-electron chi connectivity index (χ0n) is 26.3. The second-order valence-corrected chi connectivity index (χ2v) is 12.6. The highest BCUT2D eigenvalue weighted by atomic mass is 35.5. The minimum atomic E-state index is -0.738. The lowest BCUT2D eigenvalue weighted by Crippen LogP contribution is -2.73. The molecule has 2 saturated heterocycles. The number of rotatable bonds is 11. The third-order valence-corrected chi connectivity index (χ3v) is 9.76. The Morgan fingerprint density at radius 2 is 1.64 bits per heavy atom. The van der Waals surface area contributed by atoms with Gasteiger partial charge in [-0.2, -0.15) is 0 Å². The van der Waals surface area contributed by atoms with Crippen molar-refractivity contribution in [3.63, 3.8) is 0 Å². The smallest absolute Gasteiger partial charge is 0.251 e. The van der Waals surface area contributed by atoms with Gasteiger partial charge in [-0.05, 0) is 67.0 Å². The molecule has 2 aliphatic heterocycles. The molecular weight excluding hydrogens is 576 g/mol. The number of nitrogens with one attached hydrogen (secondary N) is 2. The molecule has 44 heavy (non-hydrogen) atoms. The fourth-order valence-corrected chi connectivity index (χ4v) is 7.06. The number of benzene rings is 2. The van der Waals surface area contributed by atoms with Gasteiger partial charge in [-0.25, -0.2) is 0 Å². The van der Waals surface area contributed by atoms with Crippen LogP contribution in [-0.2, 0) is 22.7 Å². The van der Waals surface area contributed by atoms with Crippen molar-refractivity contribution in [1.82, 2.24) is 20.4 Å². The molecule has 1 spiro atoms. The van der Waals surface area contributed by atoms with Crippen molar-refractivity contribution in [3.8, 4) is 5.75 Å². The van der Waals surface area contributed by atoms with Gasteiger partial charge in [0.15, 0.2) is 0 Å². The molecule has 240 valence electrons. The van der Waals surface area contributed by atoms with Crippen LogP contribution < -0.4 is 15.4 Å². The topological polar surface area (TPSA) is 91.0 Å². The summed E-state index contributed by atoms with van der Waals surface area (Å²) in [5, 5.41) is 6.17. The number of piperidine rings is 1. The van der Waals surface area contributed by atoms with Crippen LogP contribution in [0.5, 0.6) is 5.75 Å². The average Bonchev–Trinajstić information content (AvgIpc) is 3.04. The number of likely N-dealkylation sites (tertiary alicyclic amines) is 1. The number of amides is 3. The normalized spacial score (nSPS) is 20.6. The quantitative estimate of drug-likeness (QED) is 0.346. The lowest BCUT2D eigenvalue weighted by molar-refractivity contribution is -0.162. The first-order valence-electron chi connectivity index (χ1n) is 16.3. The number of unbranched alkanes of at least 4 members (excludes halogenated alkanes) is 1. The van der Waals surface area contributed by atoms with Crippen LogP contribution >= 0.6 is 12.4 Å². The second kappa shape index (κ2) is 15.8. The van der Waals surface area contributed by atoms with E-state index in [1.54, 1.807) is 7.11 Å². The highest BCUT2D eigenvalue weighted by Gasteiger charge is 2.53. The Kier molecular flexibility index (Phi) is 12.1. The van der Waals surface area contributed by atoms with Crippen molar-refractivity contribution in [2.75, 3.05) is 26.7 Å². The molecule has 2 heterocycles. The number of carbonyl (C=O) groups excluding carboxylic acids is 3. The van der Waals surface area contributed by atoms with E-state index in [2.05, 4.69) is 22.5 Å². The molecule has 2 N–H and O–H groups in total. The summed E-state index contributed by atoms with van der Waals surface area (Å²) in [6.45, 7) is 5.50. The molecule has 1 aliphatic carbocycles. The number of halogens is 1. The summed E-state index contributed by atoms with van der Waals surface area (Å²) in [4.78, 5) is 44.5. The van der Waals surface area contributed by atoms with E-state index in [1.165, 1.54) is 32.1 Å². The van der Waals surface area contributed by atoms with Gasteiger partial charge in [0.1, 0.15) is 17.3 Å². The molecule has 0 aromatic heterocycles. The number of nitrogens with zero attached hydrogens (tertiary/aromatic N) is 2. The number of carbonyl (C=O) groups is 3. The SMILES string of the molecule is CCCCN1C(=O)[C@H](CC2CCCCC2)NC(=O)C12CCN(Cc1ccc(C(=O)NCc3ccc(OC)cc3)cc1)CC2.Cl. The Hall–Kier alpha value is -3.10. The van der Waals surface area contributed by atoms with Crippen LogP contribution in [0, 0.1) is 5.92 Å². The van der Waals surface area contributed by atoms with Crippen LogP contribution in [0.3, 0.4) is 0 Å². The Labute approximate surface area is 268 Å². The highest BCUT2D eigenvalue weighted by Crippen LogP contribution is 2.36. The fraction of sp³-hybridized carbons (Fsp3) is 0.571. The molecule has 2 aromatic rings. The predicted molar refractivity (Wildman–Crippen MR) is 175 cm³/mol. The van der Waals surface area contributed by atoms with Crippen LogP contribution in [-0.4, -0.2) is 65.8 Å². The Balaban J connectivity index is 0.00000442. The molecule has 9 heteroatoms. The minimum absolute atomic E-state index is 0. The molecule has 3 amide bonds. The van der Waals surface area contributed by atoms with E-state index in [0.29, 0.717) is 37.4 Å². The maximum atomic E-state index is 13.8. The maximum absolute atomic E-state index is 13.8. The van der Waals surface area contributed by atoms with Crippen molar-refractivity contribution in [2.24, 2.45) is 5.92 Å². The molecule has 5 rings (SSSR count). The number of ether oxygens (including phenoxy) is 1. The van der Waals surface area contributed by atoms with Crippen LogP contribution in [0.25, 0.3) is 0 Å². The van der Waals surface area contributed by atoms with E-state index < -0.39 is 5.54 Å². The zero-order valence-corrected chi connectivity index (χ0v) is 27.1. The lowest BCUT2D eigenvalue weighted by atomic mass is 9.79. The Morgan fingerprint density at radius 3 is 2.27 bits per heavy atom. The summed E-state index contributed by atoms with van der Waals surface area (Å²) in [6, 6.07) is 15.0. The van der Waals surface area contributed by atoms with E-state index in [-0.39, 0.29) is 36.2 Å². The zero-order chi connectivity index (χ0) is 30.2. The van der Waals surface area contributed by atoms with Crippen LogP contribution in [0.4, 0.5) is 0 Å². The number of piperazine rings is 1. The number of methoxy groups -OCH3 is 1. The van der Waals surface area contributed by atoms with Crippen LogP contribution in [0.2, 0.25) is 0 Å². The summed E-state index contributed by atoms with van der Waals surface area (Å²) in [5.74, 6) is 1.40. The molecule has 0 bridgehead atoms. The molecule has 3 fully saturated rings. The van der Waals surface area contributed by atoms with Gasteiger partial charge in [0, 0.05) is 38.3 Å². The van der Waals surface area contributed by atoms with Gasteiger partial charge >= 0.3 is 0 Å². The molecule has 1 saturated carbocycles. The predicted octanol–water partition coefficient (Wildman–Crippen LogP) is 5.48. The molecule has 1 atom stereocenters. The lowest BCUT2D eigenvalue weighted by Gasteiger charge is -2.52. The largest absolute Gasteiger partial charge is 0.497 e. The molecule has 3 aliphatic rings. The fourth-order valence-electron chi connectivity index (χ4n) is 7.06. The van der Waals surface area contributed by atoms with Crippen molar-refractivity contribution in [2.45, 2.75) is 95.8 Å². The van der Waals surface area contributed by atoms with Gasteiger partial charge < -0.3 is 20.3 Å². The van der Waals surface area contributed by atoms with Crippen molar-refractivity contribution in [1.29, 1.82) is 0 Å².